The van der Waals surface area contributed by atoms with Crippen molar-refractivity contribution in [1.29, 1.82) is 0 Å². The van der Waals surface area contributed by atoms with Gasteiger partial charge >= 0.3 is 0 Å². The largest absolute Gasteiger partial charge is 0.392 e. The number of rotatable bonds is 5. The quantitative estimate of drug-likeness (QED) is 0.554. The maximum Gasteiger partial charge on any atom is 0.268 e. The topological polar surface area (TPSA) is 64.0 Å². The van der Waals surface area contributed by atoms with Crippen LogP contribution in [-0.2, 0) is 4.79 Å². The predicted octanol–water partition coefficient (Wildman–Crippen LogP) is 4.22. The zero-order valence-electron chi connectivity index (χ0n) is 15.2. The molecule has 2 N–H and O–H groups in total. The molecule has 0 spiro atoms. The van der Waals surface area contributed by atoms with E-state index in [0.29, 0.717) is 45.7 Å². The molecule has 1 fully saturated rings. The minimum absolute atomic E-state index is 0.299. The summed E-state index contributed by atoms with van der Waals surface area (Å²) in [5.41, 5.74) is 1.16. The first-order valence-electron chi connectivity index (χ1n) is 8.92. The minimum atomic E-state index is -0.834. The molecule has 1 heterocycles. The van der Waals surface area contributed by atoms with E-state index >= 15 is 0 Å². The predicted molar refractivity (Wildman–Crippen MR) is 105 cm³/mol. The molecule has 1 amide bonds. The maximum absolute atomic E-state index is 13.2. The lowest BCUT2D eigenvalue weighted by Gasteiger charge is -2.32. The number of halogens is 3. The summed E-state index contributed by atoms with van der Waals surface area (Å²) in [5, 5.41) is 21.9. The van der Waals surface area contributed by atoms with Crippen molar-refractivity contribution in [2.75, 3.05) is 13.1 Å². The number of likely N-dealkylation sites (tertiary alicyclic amines) is 1. The molecule has 0 aliphatic carbocycles. The number of hydrogen-bond acceptors (Lipinski definition) is 4. The van der Waals surface area contributed by atoms with Gasteiger partial charge in [-0.15, -0.1) is 0 Å². The second-order valence-corrected chi connectivity index (χ2v) is 7.74. The van der Waals surface area contributed by atoms with Crippen molar-refractivity contribution < 1.29 is 19.5 Å². The Morgan fingerprint density at radius 2 is 1.82 bits per heavy atom. The highest BCUT2D eigenvalue weighted by Crippen LogP contribution is 2.33. The highest BCUT2D eigenvalue weighted by atomic mass is 35.5. The first kappa shape index (κ1) is 21.0. The summed E-state index contributed by atoms with van der Waals surface area (Å²) in [6.07, 6.45) is -0.0101. The number of β-amino-alcohol motifs (C(OH)–C–C–N with tert-alkyl or cyclic N) is 1. The Kier molecular flexibility index (Phi) is 6.58. The standard InChI is InChI=1S/C20H21Cl2FN2O3/c1-12(13-2-5-15(23)6-3-13)25(28)20(27)19(24-9-8-16(26)11-24)14-4-7-17(21)18(22)10-14/h2-7,10,12,16,19,26,28H,8-9,11H2,1H3/t12-,16-,19?/m0/s1. The van der Waals surface area contributed by atoms with Crippen LogP contribution in [0.4, 0.5) is 4.39 Å². The van der Waals surface area contributed by atoms with E-state index < -0.39 is 29.9 Å². The fourth-order valence-corrected chi connectivity index (χ4v) is 3.70. The molecule has 0 saturated carbocycles. The number of hydrogen-bond donors (Lipinski definition) is 2. The van der Waals surface area contributed by atoms with Crippen LogP contribution < -0.4 is 0 Å². The zero-order valence-corrected chi connectivity index (χ0v) is 16.7. The average Bonchev–Trinajstić information content (AvgIpc) is 3.10. The monoisotopic (exact) mass is 426 g/mol. The van der Waals surface area contributed by atoms with Gasteiger partial charge in [-0.25, -0.2) is 9.45 Å². The first-order valence-corrected chi connectivity index (χ1v) is 9.68. The summed E-state index contributed by atoms with van der Waals surface area (Å²) in [6, 6.07) is 8.93. The lowest BCUT2D eigenvalue weighted by molar-refractivity contribution is -0.181. The maximum atomic E-state index is 13.2. The average molecular weight is 427 g/mol. The van der Waals surface area contributed by atoms with Gasteiger partial charge in [-0.1, -0.05) is 41.4 Å². The van der Waals surface area contributed by atoms with Crippen molar-refractivity contribution in [3.05, 3.63) is 69.5 Å². The molecule has 150 valence electrons. The molecule has 1 aliphatic heterocycles. The molecule has 3 atom stereocenters. The van der Waals surface area contributed by atoms with Gasteiger partial charge in [0.15, 0.2) is 0 Å². The van der Waals surface area contributed by atoms with Crippen LogP contribution >= 0.6 is 23.2 Å². The molecule has 0 radical (unpaired) electrons. The molecule has 0 aromatic heterocycles. The Bertz CT molecular complexity index is 850. The van der Waals surface area contributed by atoms with Gasteiger partial charge in [0.25, 0.3) is 5.91 Å². The van der Waals surface area contributed by atoms with Crippen LogP contribution in [0.2, 0.25) is 10.0 Å². The van der Waals surface area contributed by atoms with Gasteiger partial charge in [0.05, 0.1) is 22.2 Å². The molecule has 3 rings (SSSR count). The van der Waals surface area contributed by atoms with Crippen molar-refractivity contribution >= 4 is 29.1 Å². The Hall–Kier alpha value is -1.70. The SMILES string of the molecule is C[C@@H](c1ccc(F)cc1)N(O)C(=O)C(c1ccc(Cl)c(Cl)c1)N1CC[C@H](O)C1. The highest BCUT2D eigenvalue weighted by Gasteiger charge is 2.37. The lowest BCUT2D eigenvalue weighted by Crippen LogP contribution is -2.42. The molecule has 2 aromatic carbocycles. The zero-order chi connectivity index (χ0) is 20.4. The van der Waals surface area contributed by atoms with Gasteiger partial charge in [-0.3, -0.25) is 14.9 Å². The number of hydroxylamine groups is 2. The van der Waals surface area contributed by atoms with Gasteiger partial charge in [0.1, 0.15) is 11.9 Å². The first-order chi connectivity index (χ1) is 13.3. The van der Waals surface area contributed by atoms with Gasteiger partial charge in [0, 0.05) is 13.1 Å². The molecule has 28 heavy (non-hydrogen) atoms. The van der Waals surface area contributed by atoms with E-state index in [2.05, 4.69) is 0 Å². The van der Waals surface area contributed by atoms with E-state index in [1.54, 1.807) is 30.0 Å². The number of carbonyl (C=O) groups excluding carboxylic acids is 1. The molecule has 0 bridgehead atoms. The van der Waals surface area contributed by atoms with Crippen LogP contribution in [0, 0.1) is 5.82 Å². The van der Waals surface area contributed by atoms with Gasteiger partial charge < -0.3 is 5.11 Å². The number of amides is 1. The van der Waals surface area contributed by atoms with Crippen molar-refractivity contribution in [3.63, 3.8) is 0 Å². The Labute approximate surface area is 172 Å². The number of carbonyl (C=O) groups is 1. The van der Waals surface area contributed by atoms with Gasteiger partial charge in [0.2, 0.25) is 0 Å². The van der Waals surface area contributed by atoms with E-state index in [4.69, 9.17) is 23.2 Å². The lowest BCUT2D eigenvalue weighted by atomic mass is 10.0. The van der Waals surface area contributed by atoms with Crippen molar-refractivity contribution in [1.82, 2.24) is 9.96 Å². The molecule has 1 saturated heterocycles. The van der Waals surface area contributed by atoms with Crippen LogP contribution in [0.3, 0.4) is 0 Å². The molecular formula is C20H21Cl2FN2O3. The van der Waals surface area contributed by atoms with Crippen LogP contribution in [0.5, 0.6) is 0 Å². The van der Waals surface area contributed by atoms with Crippen LogP contribution in [0.1, 0.15) is 36.6 Å². The molecule has 1 aliphatic rings. The highest BCUT2D eigenvalue weighted by molar-refractivity contribution is 6.42. The normalized spacial score (nSPS) is 19.4. The Balaban J connectivity index is 1.91. The summed E-state index contributed by atoms with van der Waals surface area (Å²) in [7, 11) is 0. The number of aliphatic hydroxyl groups excluding tert-OH is 1. The third kappa shape index (κ3) is 4.47. The molecular weight excluding hydrogens is 406 g/mol. The third-order valence-electron chi connectivity index (χ3n) is 5.00. The molecule has 1 unspecified atom stereocenters. The number of aliphatic hydroxyl groups is 1. The van der Waals surface area contributed by atoms with Crippen molar-refractivity contribution in [3.8, 4) is 0 Å². The molecule has 2 aromatic rings. The Morgan fingerprint density at radius 1 is 1.18 bits per heavy atom. The van der Waals surface area contributed by atoms with Crippen LogP contribution in [-0.4, -0.2) is 45.4 Å². The number of benzene rings is 2. The second-order valence-electron chi connectivity index (χ2n) is 6.92. The fraction of sp³-hybridized carbons (Fsp3) is 0.350. The van der Waals surface area contributed by atoms with Crippen molar-refractivity contribution in [2.24, 2.45) is 0 Å². The number of nitrogens with zero attached hydrogens (tertiary/aromatic N) is 2. The van der Waals surface area contributed by atoms with E-state index in [-0.39, 0.29) is 0 Å². The second kappa shape index (κ2) is 8.76. The van der Waals surface area contributed by atoms with E-state index in [1.165, 1.54) is 24.3 Å². The minimum Gasteiger partial charge on any atom is -0.392 e. The molecule has 5 nitrogen and oxygen atoms in total. The van der Waals surface area contributed by atoms with Crippen LogP contribution in [0.25, 0.3) is 0 Å². The summed E-state index contributed by atoms with van der Waals surface area (Å²) < 4.78 is 13.2. The van der Waals surface area contributed by atoms with Crippen molar-refractivity contribution in [2.45, 2.75) is 31.5 Å². The fourth-order valence-electron chi connectivity index (χ4n) is 3.39. The summed E-state index contributed by atoms with van der Waals surface area (Å²) >= 11 is 12.1. The summed E-state index contributed by atoms with van der Waals surface area (Å²) in [5.74, 6) is -0.962. The van der Waals surface area contributed by atoms with E-state index in [9.17, 15) is 19.5 Å². The summed E-state index contributed by atoms with van der Waals surface area (Å²) in [6.45, 7) is 2.45. The third-order valence-corrected chi connectivity index (χ3v) is 5.74. The van der Waals surface area contributed by atoms with Crippen LogP contribution in [0.15, 0.2) is 42.5 Å². The van der Waals surface area contributed by atoms with Gasteiger partial charge in [-0.05, 0) is 48.7 Å². The molecule has 8 heteroatoms. The van der Waals surface area contributed by atoms with E-state index in [0.717, 1.165) is 0 Å². The summed E-state index contributed by atoms with van der Waals surface area (Å²) in [4.78, 5) is 15.0. The Morgan fingerprint density at radius 3 is 2.39 bits per heavy atom. The van der Waals surface area contributed by atoms with E-state index in [1.807, 2.05) is 0 Å². The smallest absolute Gasteiger partial charge is 0.268 e. The van der Waals surface area contributed by atoms with Gasteiger partial charge in [-0.2, -0.15) is 0 Å².